The number of hydrogen-bond acceptors (Lipinski definition) is 9. The number of carboxylic acid groups (broad SMARTS) is 1. The number of carboxylic acids is 1. The standard InChI is InChI=1S/C20H29NO9S/c1-19(2,3)30-18(28)21-14-12(23)9-20(17(26)27,31-11-7-5-4-6-8-11)29-16(14)15(25)13(24)10-22/h4-8,12-16,22-25H,9-10H2,1-3H3,(H,21,28)(H,26,27)/t12-,13+,14+,15+,16+,20-/m0/s1. The SMILES string of the molecule is CC(C)(C)OC(=O)N[C@H]1[C@H]([C@H](O)[C@H](O)CO)O[C@@](Sc2ccccc2)(C(=O)O)C[C@@H]1O. The van der Waals surface area contributed by atoms with Crippen molar-refractivity contribution in [2.24, 2.45) is 0 Å². The molecule has 1 aromatic rings. The average Bonchev–Trinajstić information content (AvgIpc) is 2.68. The van der Waals surface area contributed by atoms with Crippen LogP contribution in [0.1, 0.15) is 27.2 Å². The fraction of sp³-hybridized carbons (Fsp3) is 0.600. The highest BCUT2D eigenvalue weighted by Gasteiger charge is 2.55. The number of amides is 1. The van der Waals surface area contributed by atoms with Crippen molar-refractivity contribution in [1.29, 1.82) is 0 Å². The van der Waals surface area contributed by atoms with Gasteiger partial charge in [-0.15, -0.1) is 0 Å². The van der Waals surface area contributed by atoms with Crippen LogP contribution in [0.2, 0.25) is 0 Å². The summed E-state index contributed by atoms with van der Waals surface area (Å²) >= 11 is 0.814. The minimum absolute atomic E-state index is 0.430. The Bertz CT molecular complexity index is 757. The molecule has 0 aromatic heterocycles. The molecule has 6 atom stereocenters. The van der Waals surface area contributed by atoms with Gasteiger partial charge < -0.3 is 40.3 Å². The number of aliphatic carboxylic acids is 1. The van der Waals surface area contributed by atoms with Crippen LogP contribution in [0.15, 0.2) is 35.2 Å². The summed E-state index contributed by atoms with van der Waals surface area (Å²) in [7, 11) is 0. The number of hydrogen-bond donors (Lipinski definition) is 6. The Kier molecular flexibility index (Phi) is 8.31. The van der Waals surface area contributed by atoms with Gasteiger partial charge >= 0.3 is 12.1 Å². The lowest BCUT2D eigenvalue weighted by molar-refractivity contribution is -0.204. The molecule has 6 N–H and O–H groups in total. The molecular formula is C20H29NO9S. The van der Waals surface area contributed by atoms with E-state index in [2.05, 4.69) is 5.32 Å². The lowest BCUT2D eigenvalue weighted by Gasteiger charge is -2.46. The monoisotopic (exact) mass is 459 g/mol. The largest absolute Gasteiger partial charge is 0.478 e. The predicted molar refractivity (Wildman–Crippen MR) is 110 cm³/mol. The van der Waals surface area contributed by atoms with Gasteiger partial charge in [-0.05, 0) is 32.9 Å². The summed E-state index contributed by atoms with van der Waals surface area (Å²) < 4.78 is 10.9. The summed E-state index contributed by atoms with van der Waals surface area (Å²) in [4.78, 5) is 23.0. The highest BCUT2D eigenvalue weighted by molar-refractivity contribution is 8.01. The minimum Gasteiger partial charge on any atom is -0.478 e. The number of nitrogens with one attached hydrogen (secondary N) is 1. The smallest absolute Gasteiger partial charge is 0.408 e. The van der Waals surface area contributed by atoms with E-state index in [1.54, 1.807) is 51.1 Å². The molecule has 31 heavy (non-hydrogen) atoms. The van der Waals surface area contributed by atoms with Crippen molar-refractivity contribution in [1.82, 2.24) is 5.32 Å². The van der Waals surface area contributed by atoms with Gasteiger partial charge in [0.1, 0.15) is 23.9 Å². The van der Waals surface area contributed by atoms with Crippen LogP contribution < -0.4 is 5.32 Å². The third-order valence-electron chi connectivity index (χ3n) is 4.53. The van der Waals surface area contributed by atoms with Crippen molar-refractivity contribution >= 4 is 23.8 Å². The molecule has 1 fully saturated rings. The Morgan fingerprint density at radius 2 is 1.90 bits per heavy atom. The van der Waals surface area contributed by atoms with Crippen molar-refractivity contribution in [3.05, 3.63) is 30.3 Å². The molecule has 0 spiro atoms. The van der Waals surface area contributed by atoms with Crippen LogP contribution in [0, 0.1) is 0 Å². The fourth-order valence-corrected chi connectivity index (χ4v) is 4.29. The third-order valence-corrected chi connectivity index (χ3v) is 5.80. The lowest BCUT2D eigenvalue weighted by atomic mass is 9.90. The first-order valence-corrected chi connectivity index (χ1v) is 10.5. The Labute approximate surface area is 184 Å². The second kappa shape index (κ2) is 10.2. The summed E-state index contributed by atoms with van der Waals surface area (Å²) in [6.45, 7) is 4.05. The lowest BCUT2D eigenvalue weighted by Crippen LogP contribution is -2.66. The highest BCUT2D eigenvalue weighted by atomic mass is 32.2. The van der Waals surface area contributed by atoms with E-state index in [0.717, 1.165) is 11.8 Å². The Hall–Kier alpha value is -1.89. The van der Waals surface area contributed by atoms with Gasteiger partial charge in [0, 0.05) is 11.3 Å². The van der Waals surface area contributed by atoms with E-state index in [4.69, 9.17) is 9.47 Å². The fourth-order valence-electron chi connectivity index (χ4n) is 3.12. The molecule has 1 aliphatic heterocycles. The van der Waals surface area contributed by atoms with Crippen LogP contribution in [-0.4, -0.2) is 85.2 Å². The van der Waals surface area contributed by atoms with Crippen molar-refractivity contribution in [2.45, 2.75) is 73.1 Å². The number of carbonyl (C=O) groups excluding carboxylic acids is 1. The zero-order valence-electron chi connectivity index (χ0n) is 17.5. The zero-order chi connectivity index (χ0) is 23.4. The second-order valence-corrected chi connectivity index (χ2v) is 9.57. The molecule has 0 saturated carbocycles. The summed E-state index contributed by atoms with van der Waals surface area (Å²) in [5, 5.41) is 52.8. The summed E-state index contributed by atoms with van der Waals surface area (Å²) in [5.41, 5.74) is -0.850. The molecule has 174 valence electrons. The average molecular weight is 460 g/mol. The normalized spacial score (nSPS) is 28.4. The summed E-state index contributed by atoms with van der Waals surface area (Å²) in [6.07, 6.45) is -7.90. The van der Waals surface area contributed by atoms with Crippen LogP contribution in [0.4, 0.5) is 4.79 Å². The van der Waals surface area contributed by atoms with Crippen LogP contribution in [0.25, 0.3) is 0 Å². The number of benzene rings is 1. The maximum absolute atomic E-state index is 12.3. The van der Waals surface area contributed by atoms with Gasteiger partial charge in [-0.1, -0.05) is 30.0 Å². The Balaban J connectivity index is 2.37. The van der Waals surface area contributed by atoms with Gasteiger partial charge in [0.15, 0.2) is 0 Å². The van der Waals surface area contributed by atoms with E-state index in [1.807, 2.05) is 0 Å². The Morgan fingerprint density at radius 3 is 2.42 bits per heavy atom. The molecule has 1 amide bonds. The maximum Gasteiger partial charge on any atom is 0.408 e. The van der Waals surface area contributed by atoms with Gasteiger partial charge in [-0.2, -0.15) is 0 Å². The maximum atomic E-state index is 12.3. The first kappa shape index (κ1) is 25.4. The van der Waals surface area contributed by atoms with E-state index in [1.165, 1.54) is 0 Å². The quantitative estimate of drug-likeness (QED) is 0.334. The molecule has 1 aliphatic rings. The molecule has 1 heterocycles. The van der Waals surface area contributed by atoms with Crippen LogP contribution >= 0.6 is 11.8 Å². The molecule has 0 bridgehead atoms. The summed E-state index contributed by atoms with van der Waals surface area (Å²) in [6, 6.07) is 7.15. The van der Waals surface area contributed by atoms with Gasteiger partial charge in [-0.25, -0.2) is 9.59 Å². The van der Waals surface area contributed by atoms with Crippen LogP contribution in [0.5, 0.6) is 0 Å². The van der Waals surface area contributed by atoms with E-state index in [0.29, 0.717) is 4.90 Å². The van der Waals surface area contributed by atoms with Crippen molar-refractivity contribution in [3.63, 3.8) is 0 Å². The van der Waals surface area contributed by atoms with Gasteiger partial charge in [0.05, 0.1) is 18.8 Å². The van der Waals surface area contributed by atoms with E-state index >= 15 is 0 Å². The third kappa shape index (κ3) is 6.55. The molecule has 0 radical (unpaired) electrons. The predicted octanol–water partition coefficient (Wildman–Crippen LogP) is 0.317. The van der Waals surface area contributed by atoms with Gasteiger partial charge in [0.25, 0.3) is 0 Å². The van der Waals surface area contributed by atoms with E-state index < -0.39 is 66.1 Å². The number of alkyl carbamates (subject to hydrolysis) is 1. The topological polar surface area (TPSA) is 166 Å². The Morgan fingerprint density at radius 1 is 1.29 bits per heavy atom. The van der Waals surface area contributed by atoms with Crippen molar-refractivity contribution in [3.8, 4) is 0 Å². The zero-order valence-corrected chi connectivity index (χ0v) is 18.3. The molecule has 1 saturated heterocycles. The van der Waals surface area contributed by atoms with Gasteiger partial charge in [-0.3, -0.25) is 0 Å². The molecule has 0 aliphatic carbocycles. The minimum atomic E-state index is -2.02. The number of ether oxygens (including phenoxy) is 2. The van der Waals surface area contributed by atoms with E-state index in [-0.39, 0.29) is 0 Å². The van der Waals surface area contributed by atoms with Crippen LogP contribution in [0.3, 0.4) is 0 Å². The van der Waals surface area contributed by atoms with Crippen LogP contribution in [-0.2, 0) is 14.3 Å². The molecule has 10 nitrogen and oxygen atoms in total. The van der Waals surface area contributed by atoms with Crippen molar-refractivity contribution in [2.75, 3.05) is 6.61 Å². The molecule has 11 heteroatoms. The van der Waals surface area contributed by atoms with E-state index in [9.17, 15) is 35.1 Å². The number of aliphatic hydroxyl groups is 4. The highest BCUT2D eigenvalue weighted by Crippen LogP contribution is 2.43. The van der Waals surface area contributed by atoms with Crippen molar-refractivity contribution < 1.29 is 44.6 Å². The van der Waals surface area contributed by atoms with Gasteiger partial charge in [0.2, 0.25) is 4.93 Å². The number of aliphatic hydroxyl groups excluding tert-OH is 4. The number of rotatable bonds is 7. The molecule has 1 aromatic carbocycles. The number of thioether (sulfide) groups is 1. The number of carbonyl (C=O) groups is 2. The first-order chi connectivity index (χ1) is 14.4. The molecule has 2 rings (SSSR count). The summed E-state index contributed by atoms with van der Waals surface area (Å²) in [5.74, 6) is -1.41. The molecule has 0 unspecified atom stereocenters. The molecular weight excluding hydrogens is 430 g/mol. The second-order valence-electron chi connectivity index (χ2n) is 8.24. The first-order valence-electron chi connectivity index (χ1n) is 9.68.